The van der Waals surface area contributed by atoms with Crippen LogP contribution in [0.3, 0.4) is 0 Å². The first kappa shape index (κ1) is 7.93. The molecule has 1 N–H and O–H groups in total. The molecule has 0 aliphatic rings. The molecule has 0 saturated carbocycles. The van der Waals surface area contributed by atoms with Crippen LogP contribution in [0.25, 0.3) is 0 Å². The van der Waals surface area contributed by atoms with Crippen LogP contribution in [-0.4, -0.2) is 18.9 Å². The van der Waals surface area contributed by atoms with Crippen LogP contribution < -0.4 is 5.32 Å². The molecule has 9 heavy (non-hydrogen) atoms. The highest BCUT2D eigenvalue weighted by Gasteiger charge is 1.89. The summed E-state index contributed by atoms with van der Waals surface area (Å²) in [6.07, 6.45) is 6.17. The van der Waals surface area contributed by atoms with E-state index < -0.39 is 0 Å². The smallest absolute Gasteiger partial charge is 0.168 e. The highest BCUT2D eigenvalue weighted by atomic mass is 16.1. The fraction of sp³-hybridized carbons (Fsp3) is 0.286. The molecule has 0 atom stereocenters. The average Bonchev–Trinajstić information content (AvgIpc) is 1.89. The third-order valence-corrected chi connectivity index (χ3v) is 0.754. The van der Waals surface area contributed by atoms with Crippen LogP contribution in [0.2, 0.25) is 0 Å². The van der Waals surface area contributed by atoms with Gasteiger partial charge in [-0.2, -0.15) is 0 Å². The first-order valence-electron chi connectivity index (χ1n) is 2.60. The van der Waals surface area contributed by atoms with Crippen molar-refractivity contribution in [2.24, 2.45) is 0 Å². The van der Waals surface area contributed by atoms with Crippen molar-refractivity contribution in [1.82, 2.24) is 5.32 Å². The summed E-state index contributed by atoms with van der Waals surface area (Å²) < 4.78 is 0. The Kier molecular flexibility index (Phi) is 4.47. The molecule has 0 unspecified atom stereocenters. The van der Waals surface area contributed by atoms with Crippen molar-refractivity contribution in [3.63, 3.8) is 0 Å². The van der Waals surface area contributed by atoms with Crippen LogP contribution in [0.4, 0.5) is 0 Å². The zero-order valence-electron chi connectivity index (χ0n) is 5.18. The lowest BCUT2D eigenvalue weighted by Gasteiger charge is -1.92. The molecule has 0 saturated heterocycles. The average molecular weight is 123 g/mol. The lowest BCUT2D eigenvalue weighted by Crippen LogP contribution is -2.21. The Morgan fingerprint density at radius 1 is 1.89 bits per heavy atom. The molecule has 2 heteroatoms. The number of carbonyl (C=O) groups is 1. The van der Waals surface area contributed by atoms with Gasteiger partial charge in [0.15, 0.2) is 5.78 Å². The van der Waals surface area contributed by atoms with E-state index >= 15 is 0 Å². The predicted molar refractivity (Wildman–Crippen MR) is 36.9 cm³/mol. The van der Waals surface area contributed by atoms with Crippen molar-refractivity contribution < 1.29 is 4.79 Å². The molecule has 0 radical (unpaired) electrons. The van der Waals surface area contributed by atoms with Gasteiger partial charge in [0.2, 0.25) is 0 Å². The molecule has 2 nitrogen and oxygen atoms in total. The van der Waals surface area contributed by atoms with Gasteiger partial charge in [-0.15, -0.1) is 6.42 Å². The lowest BCUT2D eigenvalue weighted by molar-refractivity contribution is -0.113. The maximum atomic E-state index is 10.4. The van der Waals surface area contributed by atoms with Crippen molar-refractivity contribution in [2.75, 3.05) is 13.1 Å². The Morgan fingerprint density at radius 2 is 2.56 bits per heavy atom. The van der Waals surface area contributed by atoms with Crippen LogP contribution in [0.15, 0.2) is 12.7 Å². The molecule has 0 bridgehead atoms. The maximum Gasteiger partial charge on any atom is 0.168 e. The van der Waals surface area contributed by atoms with E-state index in [0.29, 0.717) is 6.54 Å². The number of rotatable bonds is 4. The third kappa shape index (κ3) is 4.79. The van der Waals surface area contributed by atoms with E-state index in [1.807, 2.05) is 0 Å². The van der Waals surface area contributed by atoms with Crippen molar-refractivity contribution in [3.05, 3.63) is 12.7 Å². The van der Waals surface area contributed by atoms with Gasteiger partial charge in [0.1, 0.15) is 0 Å². The van der Waals surface area contributed by atoms with E-state index in [0.717, 1.165) is 0 Å². The minimum Gasteiger partial charge on any atom is -0.299 e. The van der Waals surface area contributed by atoms with Crippen molar-refractivity contribution in [1.29, 1.82) is 0 Å². The van der Waals surface area contributed by atoms with Gasteiger partial charge in [-0.1, -0.05) is 12.5 Å². The van der Waals surface area contributed by atoms with Gasteiger partial charge in [-0.3, -0.25) is 10.1 Å². The number of hydrogen-bond acceptors (Lipinski definition) is 2. The summed E-state index contributed by atoms with van der Waals surface area (Å²) in [5.74, 6) is 2.31. The zero-order valence-corrected chi connectivity index (χ0v) is 5.18. The molecular weight excluding hydrogens is 114 g/mol. The number of nitrogens with one attached hydrogen (secondary N) is 1. The Bertz CT molecular complexity index is 143. The molecule has 0 aromatic carbocycles. The summed E-state index contributed by atoms with van der Waals surface area (Å²) in [6, 6.07) is 0. The van der Waals surface area contributed by atoms with Gasteiger partial charge in [0.05, 0.1) is 13.1 Å². The van der Waals surface area contributed by atoms with E-state index in [4.69, 9.17) is 6.42 Å². The summed E-state index contributed by atoms with van der Waals surface area (Å²) in [4.78, 5) is 10.4. The highest BCUT2D eigenvalue weighted by molar-refractivity contribution is 5.90. The quantitative estimate of drug-likeness (QED) is 0.323. The lowest BCUT2D eigenvalue weighted by atomic mass is 10.4. The molecule has 0 aliphatic carbocycles. The number of hydrogen-bond donors (Lipinski definition) is 1. The Labute approximate surface area is 54.9 Å². The van der Waals surface area contributed by atoms with Crippen molar-refractivity contribution in [3.8, 4) is 12.3 Å². The van der Waals surface area contributed by atoms with Gasteiger partial charge in [0, 0.05) is 0 Å². The molecular formula is C7H9NO. The number of ketones is 1. The minimum atomic E-state index is -0.0368. The largest absolute Gasteiger partial charge is 0.299 e. The molecule has 48 valence electrons. The first-order valence-corrected chi connectivity index (χ1v) is 2.60. The number of terminal acetylenes is 1. The Balaban J connectivity index is 3.19. The molecule has 0 spiro atoms. The Hall–Kier alpha value is -1.07. The van der Waals surface area contributed by atoms with Gasteiger partial charge >= 0.3 is 0 Å². The van der Waals surface area contributed by atoms with E-state index in [9.17, 15) is 4.79 Å². The van der Waals surface area contributed by atoms with Crippen LogP contribution >= 0.6 is 0 Å². The number of carbonyl (C=O) groups excluding carboxylic acids is 1. The first-order chi connectivity index (χ1) is 4.31. The summed E-state index contributed by atoms with van der Waals surface area (Å²) in [6.45, 7) is 4.01. The summed E-state index contributed by atoms with van der Waals surface area (Å²) in [5, 5.41) is 2.73. The molecule has 0 aromatic heterocycles. The van der Waals surface area contributed by atoms with Gasteiger partial charge in [-0.05, 0) is 6.08 Å². The van der Waals surface area contributed by atoms with E-state index in [1.165, 1.54) is 6.08 Å². The second kappa shape index (κ2) is 5.07. The standard InChI is InChI=1S/C7H9NO/c1-3-5-8-6-7(9)4-2/h1,4,8H,2,5-6H2. The zero-order chi connectivity index (χ0) is 7.11. The third-order valence-electron chi connectivity index (χ3n) is 0.754. The van der Waals surface area contributed by atoms with Crippen molar-refractivity contribution in [2.45, 2.75) is 0 Å². The molecule has 0 aromatic rings. The molecule has 0 heterocycles. The van der Waals surface area contributed by atoms with Crippen LogP contribution in [0.1, 0.15) is 0 Å². The van der Waals surface area contributed by atoms with Gasteiger partial charge in [-0.25, -0.2) is 0 Å². The van der Waals surface area contributed by atoms with Crippen molar-refractivity contribution >= 4 is 5.78 Å². The van der Waals surface area contributed by atoms with E-state index in [2.05, 4.69) is 17.8 Å². The predicted octanol–water partition coefficient (Wildman–Crippen LogP) is -0.0357. The summed E-state index contributed by atoms with van der Waals surface area (Å²) in [5.41, 5.74) is 0. The van der Waals surface area contributed by atoms with Crippen LogP contribution in [-0.2, 0) is 4.79 Å². The summed E-state index contributed by atoms with van der Waals surface area (Å²) in [7, 11) is 0. The molecule has 0 rings (SSSR count). The van der Waals surface area contributed by atoms with Gasteiger partial charge < -0.3 is 0 Å². The second-order valence-corrected chi connectivity index (χ2v) is 1.48. The second-order valence-electron chi connectivity index (χ2n) is 1.48. The van der Waals surface area contributed by atoms with E-state index in [-0.39, 0.29) is 12.3 Å². The summed E-state index contributed by atoms with van der Waals surface area (Å²) >= 11 is 0. The topological polar surface area (TPSA) is 29.1 Å². The fourth-order valence-corrected chi connectivity index (χ4v) is 0.330. The normalized spacial score (nSPS) is 7.89. The van der Waals surface area contributed by atoms with E-state index in [1.54, 1.807) is 0 Å². The monoisotopic (exact) mass is 123 g/mol. The maximum absolute atomic E-state index is 10.4. The Morgan fingerprint density at radius 3 is 3.00 bits per heavy atom. The van der Waals surface area contributed by atoms with Crippen LogP contribution in [0.5, 0.6) is 0 Å². The minimum absolute atomic E-state index is 0.0368. The van der Waals surface area contributed by atoms with Crippen LogP contribution in [0, 0.1) is 12.3 Å². The molecule has 0 amide bonds. The molecule has 0 fully saturated rings. The van der Waals surface area contributed by atoms with Gasteiger partial charge in [0.25, 0.3) is 0 Å². The highest BCUT2D eigenvalue weighted by Crippen LogP contribution is 1.67. The molecule has 0 aliphatic heterocycles. The fourth-order valence-electron chi connectivity index (χ4n) is 0.330. The SMILES string of the molecule is C#CCNCC(=O)C=C.